The number of nitrogens with zero attached hydrogens (tertiary/aromatic N) is 1. The van der Waals surface area contributed by atoms with Crippen LogP contribution in [0.25, 0.3) is 49.7 Å². The average molecular weight is 562 g/mol. The molecule has 0 atom stereocenters. The van der Waals surface area contributed by atoms with Gasteiger partial charge in [0.2, 0.25) is 0 Å². The number of hydrogen-bond acceptors (Lipinski definition) is 2. The SMILES string of the molecule is CC1(C)c2ccccc2-c2cc(-n3c4ccccc4c4ccc(-c5cccc(B6OC(C)(C)C(C)(C)O6)c5)cc43)ccc21. The van der Waals surface area contributed by atoms with Crippen LogP contribution in [0.4, 0.5) is 0 Å². The van der Waals surface area contributed by atoms with Crippen molar-refractivity contribution in [3.63, 3.8) is 0 Å². The summed E-state index contributed by atoms with van der Waals surface area (Å²) < 4.78 is 15.2. The fourth-order valence-electron chi connectivity index (χ4n) is 7.12. The van der Waals surface area contributed by atoms with Crippen LogP contribution in [0.1, 0.15) is 52.7 Å². The molecule has 3 nitrogen and oxygen atoms in total. The maximum atomic E-state index is 6.38. The molecule has 0 spiro atoms. The molecule has 1 saturated heterocycles. The second kappa shape index (κ2) is 8.95. The van der Waals surface area contributed by atoms with Crippen molar-refractivity contribution >= 4 is 34.4 Å². The summed E-state index contributed by atoms with van der Waals surface area (Å²) in [6.45, 7) is 13.1. The Morgan fingerprint density at radius 3 is 2.02 bits per heavy atom. The van der Waals surface area contributed by atoms with Crippen LogP contribution in [-0.4, -0.2) is 22.9 Å². The summed E-state index contributed by atoms with van der Waals surface area (Å²) in [6, 6.07) is 40.1. The van der Waals surface area contributed by atoms with Gasteiger partial charge in [0.05, 0.1) is 22.2 Å². The van der Waals surface area contributed by atoms with Crippen LogP contribution in [0, 0.1) is 0 Å². The van der Waals surface area contributed by atoms with Gasteiger partial charge >= 0.3 is 7.12 Å². The molecule has 2 heterocycles. The Morgan fingerprint density at radius 1 is 0.535 bits per heavy atom. The predicted molar refractivity (Wildman–Crippen MR) is 179 cm³/mol. The van der Waals surface area contributed by atoms with E-state index in [1.54, 1.807) is 0 Å². The zero-order chi connectivity index (χ0) is 29.7. The molecule has 212 valence electrons. The van der Waals surface area contributed by atoms with Crippen molar-refractivity contribution in [1.82, 2.24) is 4.57 Å². The normalized spacial score (nSPS) is 17.9. The highest BCUT2D eigenvalue weighted by molar-refractivity contribution is 6.62. The molecule has 0 bridgehead atoms. The third-order valence-electron chi connectivity index (χ3n) is 10.2. The van der Waals surface area contributed by atoms with E-state index in [-0.39, 0.29) is 16.6 Å². The van der Waals surface area contributed by atoms with Crippen LogP contribution in [-0.2, 0) is 14.7 Å². The number of fused-ring (bicyclic) bond motifs is 6. The van der Waals surface area contributed by atoms with E-state index in [0.717, 1.165) is 11.0 Å². The fourth-order valence-corrected chi connectivity index (χ4v) is 7.12. The first-order chi connectivity index (χ1) is 20.5. The van der Waals surface area contributed by atoms with E-state index >= 15 is 0 Å². The minimum Gasteiger partial charge on any atom is -0.399 e. The van der Waals surface area contributed by atoms with Gasteiger partial charge in [0.25, 0.3) is 0 Å². The molecule has 0 unspecified atom stereocenters. The number of rotatable bonds is 3. The molecule has 1 aliphatic heterocycles. The van der Waals surface area contributed by atoms with E-state index in [1.807, 2.05) is 0 Å². The van der Waals surface area contributed by atoms with Crippen LogP contribution in [0.5, 0.6) is 0 Å². The molecule has 4 heteroatoms. The van der Waals surface area contributed by atoms with Crippen molar-refractivity contribution in [3.8, 4) is 27.9 Å². The van der Waals surface area contributed by atoms with Gasteiger partial charge < -0.3 is 13.9 Å². The van der Waals surface area contributed by atoms with Crippen molar-refractivity contribution in [2.75, 3.05) is 0 Å². The molecule has 0 saturated carbocycles. The van der Waals surface area contributed by atoms with Crippen LogP contribution in [0.15, 0.2) is 109 Å². The second-order valence-electron chi connectivity index (χ2n) is 13.7. The van der Waals surface area contributed by atoms with Gasteiger partial charge in [-0.1, -0.05) is 98.8 Å². The van der Waals surface area contributed by atoms with Crippen molar-refractivity contribution in [3.05, 3.63) is 120 Å². The zero-order valence-corrected chi connectivity index (χ0v) is 25.7. The number of benzene rings is 5. The molecule has 6 aromatic rings. The van der Waals surface area contributed by atoms with Crippen molar-refractivity contribution in [2.45, 2.75) is 58.2 Å². The molecular formula is C39H36BNO2. The van der Waals surface area contributed by atoms with Crippen LogP contribution >= 0.6 is 0 Å². The third-order valence-corrected chi connectivity index (χ3v) is 10.2. The molecule has 1 aliphatic carbocycles. The topological polar surface area (TPSA) is 23.4 Å². The third kappa shape index (κ3) is 3.83. The van der Waals surface area contributed by atoms with E-state index in [2.05, 4.69) is 155 Å². The van der Waals surface area contributed by atoms with Gasteiger partial charge in [-0.25, -0.2) is 0 Å². The summed E-state index contributed by atoms with van der Waals surface area (Å²) in [6.07, 6.45) is 0. The van der Waals surface area contributed by atoms with Crippen LogP contribution in [0.3, 0.4) is 0 Å². The van der Waals surface area contributed by atoms with E-state index in [0.29, 0.717) is 0 Å². The van der Waals surface area contributed by atoms with E-state index in [1.165, 1.54) is 55.3 Å². The standard InChI is InChI=1S/C39H36BNO2/c1-37(2)33-16-9-7-14-29(33)32-24-28(19-21-34(32)37)41-35-17-10-8-15-30(35)31-20-18-26(23-36(31)41)25-12-11-13-27(22-25)40-42-38(3,4)39(5,6)43-40/h7-24H,1-6H3. The smallest absolute Gasteiger partial charge is 0.399 e. The first kappa shape index (κ1) is 26.5. The molecule has 1 aromatic heterocycles. The minimum atomic E-state index is -0.390. The highest BCUT2D eigenvalue weighted by Crippen LogP contribution is 2.49. The second-order valence-corrected chi connectivity index (χ2v) is 13.7. The lowest BCUT2D eigenvalue weighted by Crippen LogP contribution is -2.41. The quantitative estimate of drug-likeness (QED) is 0.201. The number of para-hydroxylation sites is 1. The molecule has 2 aliphatic rings. The van der Waals surface area contributed by atoms with E-state index < -0.39 is 7.12 Å². The lowest BCUT2D eigenvalue weighted by atomic mass is 9.78. The van der Waals surface area contributed by atoms with Gasteiger partial charge in [-0.3, -0.25) is 0 Å². The van der Waals surface area contributed by atoms with Gasteiger partial charge in [0, 0.05) is 21.9 Å². The summed E-state index contributed by atoms with van der Waals surface area (Å²) in [4.78, 5) is 0. The maximum Gasteiger partial charge on any atom is 0.494 e. The average Bonchev–Trinajstić information content (AvgIpc) is 3.54. The first-order valence-electron chi connectivity index (χ1n) is 15.3. The Hall–Kier alpha value is -4.12. The Labute approximate surface area is 254 Å². The van der Waals surface area contributed by atoms with Crippen molar-refractivity contribution in [1.29, 1.82) is 0 Å². The minimum absolute atomic E-state index is 0.0133. The summed E-state index contributed by atoms with van der Waals surface area (Å²) in [5.41, 5.74) is 11.6. The molecule has 8 rings (SSSR count). The van der Waals surface area contributed by atoms with Gasteiger partial charge in [0.1, 0.15) is 0 Å². The van der Waals surface area contributed by atoms with Gasteiger partial charge in [-0.2, -0.15) is 0 Å². The lowest BCUT2D eigenvalue weighted by Gasteiger charge is -2.32. The summed E-state index contributed by atoms with van der Waals surface area (Å²) >= 11 is 0. The fraction of sp³-hybridized carbons (Fsp3) is 0.231. The summed E-state index contributed by atoms with van der Waals surface area (Å²) in [5.74, 6) is 0. The number of aromatic nitrogens is 1. The summed E-state index contributed by atoms with van der Waals surface area (Å²) in [7, 11) is -0.390. The van der Waals surface area contributed by atoms with Crippen molar-refractivity contribution < 1.29 is 9.31 Å². The van der Waals surface area contributed by atoms with E-state index in [4.69, 9.17) is 9.31 Å². The number of hydrogen-bond donors (Lipinski definition) is 0. The molecule has 0 radical (unpaired) electrons. The Balaban J connectivity index is 1.28. The molecule has 1 fully saturated rings. The molecule has 43 heavy (non-hydrogen) atoms. The largest absolute Gasteiger partial charge is 0.494 e. The predicted octanol–water partition coefficient (Wildman–Crippen LogP) is 9.06. The van der Waals surface area contributed by atoms with Gasteiger partial charge in [-0.05, 0) is 90.8 Å². The van der Waals surface area contributed by atoms with Gasteiger partial charge in [-0.15, -0.1) is 0 Å². The first-order valence-corrected chi connectivity index (χ1v) is 15.3. The molecule has 0 N–H and O–H groups in total. The summed E-state index contributed by atoms with van der Waals surface area (Å²) in [5, 5.41) is 2.51. The Bertz CT molecular complexity index is 2070. The molecule has 0 amide bonds. The van der Waals surface area contributed by atoms with Crippen LogP contribution < -0.4 is 5.46 Å². The Kier molecular flexibility index (Phi) is 5.52. The molecule has 5 aromatic carbocycles. The van der Waals surface area contributed by atoms with Crippen LogP contribution in [0.2, 0.25) is 0 Å². The van der Waals surface area contributed by atoms with E-state index in [9.17, 15) is 0 Å². The van der Waals surface area contributed by atoms with Gasteiger partial charge in [0.15, 0.2) is 0 Å². The highest BCUT2D eigenvalue weighted by Gasteiger charge is 2.51. The zero-order valence-electron chi connectivity index (χ0n) is 25.7. The highest BCUT2D eigenvalue weighted by atomic mass is 16.7. The van der Waals surface area contributed by atoms with Crippen molar-refractivity contribution in [2.24, 2.45) is 0 Å². The monoisotopic (exact) mass is 561 g/mol. The Morgan fingerprint density at radius 2 is 1.21 bits per heavy atom. The molecular weight excluding hydrogens is 525 g/mol. The lowest BCUT2D eigenvalue weighted by molar-refractivity contribution is 0.00578. The maximum absolute atomic E-state index is 6.38.